The highest BCUT2D eigenvalue weighted by atomic mass is 35.5. The number of halogens is 2. The molecule has 2 aromatic rings. The third-order valence-electron chi connectivity index (χ3n) is 4.22. The van der Waals surface area contributed by atoms with Crippen LogP contribution in [0.5, 0.6) is 0 Å². The molecule has 24 heavy (non-hydrogen) atoms. The average molecular weight is 348 g/mol. The number of benzene rings is 1. The molecular weight excluding hydrogens is 329 g/mol. The molecule has 1 heterocycles. The molecule has 1 fully saturated rings. The van der Waals surface area contributed by atoms with Gasteiger partial charge in [0.2, 0.25) is 5.91 Å². The highest BCUT2D eigenvalue weighted by molar-refractivity contribution is 6.31. The van der Waals surface area contributed by atoms with Crippen molar-refractivity contribution in [2.75, 3.05) is 0 Å². The Hall–Kier alpha value is -2.14. The molecule has 1 aliphatic carbocycles. The van der Waals surface area contributed by atoms with Gasteiger partial charge >= 0.3 is 0 Å². The predicted octanol–water partition coefficient (Wildman–Crippen LogP) is 3.90. The van der Waals surface area contributed by atoms with Gasteiger partial charge in [-0.2, -0.15) is 5.10 Å². The molecule has 4 nitrogen and oxygen atoms in total. The summed E-state index contributed by atoms with van der Waals surface area (Å²) in [6, 6.07) is 6.10. The highest BCUT2D eigenvalue weighted by Gasteiger charge is 2.28. The van der Waals surface area contributed by atoms with Crippen LogP contribution in [0.25, 0.3) is 11.8 Å². The van der Waals surface area contributed by atoms with E-state index in [-0.39, 0.29) is 17.8 Å². The van der Waals surface area contributed by atoms with Crippen LogP contribution in [-0.2, 0) is 4.79 Å². The quantitative estimate of drug-likeness (QED) is 0.834. The van der Waals surface area contributed by atoms with Gasteiger partial charge in [0.05, 0.1) is 11.4 Å². The van der Waals surface area contributed by atoms with Crippen molar-refractivity contribution in [3.8, 4) is 5.69 Å². The Morgan fingerprint density at radius 3 is 2.71 bits per heavy atom. The van der Waals surface area contributed by atoms with Crippen molar-refractivity contribution in [3.63, 3.8) is 0 Å². The Morgan fingerprint density at radius 2 is 2.08 bits per heavy atom. The Balaban J connectivity index is 1.77. The molecule has 1 atom stereocenters. The second kappa shape index (κ2) is 6.77. The van der Waals surface area contributed by atoms with Crippen LogP contribution in [0.3, 0.4) is 0 Å². The highest BCUT2D eigenvalue weighted by Crippen LogP contribution is 2.32. The van der Waals surface area contributed by atoms with E-state index in [9.17, 15) is 9.18 Å². The van der Waals surface area contributed by atoms with Gasteiger partial charge in [-0.15, -0.1) is 0 Å². The van der Waals surface area contributed by atoms with Crippen molar-refractivity contribution < 1.29 is 9.18 Å². The fourth-order valence-corrected chi connectivity index (χ4v) is 2.93. The van der Waals surface area contributed by atoms with Crippen LogP contribution in [0.4, 0.5) is 4.39 Å². The molecule has 0 spiro atoms. The van der Waals surface area contributed by atoms with Crippen molar-refractivity contribution in [3.05, 3.63) is 52.6 Å². The van der Waals surface area contributed by atoms with Crippen LogP contribution in [-0.4, -0.2) is 21.7 Å². The number of aromatic nitrogens is 2. The van der Waals surface area contributed by atoms with Gasteiger partial charge in [0.15, 0.2) is 0 Å². The zero-order valence-electron chi connectivity index (χ0n) is 13.6. The van der Waals surface area contributed by atoms with Crippen molar-refractivity contribution in [2.45, 2.75) is 32.7 Å². The van der Waals surface area contributed by atoms with Crippen molar-refractivity contribution in [2.24, 2.45) is 5.92 Å². The number of hydrogen-bond donors (Lipinski definition) is 1. The van der Waals surface area contributed by atoms with E-state index < -0.39 is 0 Å². The SMILES string of the molecule is Cc1nn(-c2ccc(F)cc2)c(Cl)c1/C=C/C(=O)NC(C)C1CC1. The number of nitrogens with one attached hydrogen (secondary N) is 1. The number of rotatable bonds is 5. The summed E-state index contributed by atoms with van der Waals surface area (Å²) in [6.07, 6.45) is 5.50. The molecule has 0 radical (unpaired) electrons. The molecule has 6 heteroatoms. The second-order valence-corrected chi connectivity index (χ2v) is 6.50. The molecule has 0 bridgehead atoms. The first kappa shape index (κ1) is 16.7. The molecule has 3 rings (SSSR count). The Labute approximate surface area is 145 Å². The van der Waals surface area contributed by atoms with Gasteiger partial charge in [0, 0.05) is 17.7 Å². The summed E-state index contributed by atoms with van der Waals surface area (Å²) in [6.45, 7) is 3.84. The monoisotopic (exact) mass is 347 g/mol. The summed E-state index contributed by atoms with van der Waals surface area (Å²) in [5.74, 6) is 0.147. The first-order valence-electron chi connectivity index (χ1n) is 7.95. The molecule has 1 aromatic heterocycles. The van der Waals surface area contributed by atoms with Gasteiger partial charge < -0.3 is 5.32 Å². The van der Waals surface area contributed by atoms with Crippen LogP contribution in [0.15, 0.2) is 30.3 Å². The average Bonchev–Trinajstić information content (AvgIpc) is 3.34. The lowest BCUT2D eigenvalue weighted by Gasteiger charge is -2.10. The molecule has 1 N–H and O–H groups in total. The van der Waals surface area contributed by atoms with Crippen molar-refractivity contribution in [1.29, 1.82) is 0 Å². The summed E-state index contributed by atoms with van der Waals surface area (Å²) in [4.78, 5) is 12.0. The Bertz CT molecular complexity index is 778. The fraction of sp³-hybridized carbons (Fsp3) is 0.333. The smallest absolute Gasteiger partial charge is 0.244 e. The van der Waals surface area contributed by atoms with E-state index in [0.29, 0.717) is 28.0 Å². The largest absolute Gasteiger partial charge is 0.350 e. The zero-order valence-corrected chi connectivity index (χ0v) is 14.3. The van der Waals surface area contributed by atoms with Gasteiger partial charge in [-0.05, 0) is 62.9 Å². The lowest BCUT2D eigenvalue weighted by atomic mass is 10.2. The van der Waals surface area contributed by atoms with E-state index in [4.69, 9.17) is 11.6 Å². The third-order valence-corrected chi connectivity index (χ3v) is 4.58. The van der Waals surface area contributed by atoms with Gasteiger partial charge in [0.1, 0.15) is 11.0 Å². The first-order chi connectivity index (χ1) is 11.5. The maximum Gasteiger partial charge on any atom is 0.244 e. The van der Waals surface area contributed by atoms with Gasteiger partial charge in [-0.3, -0.25) is 4.79 Å². The Kier molecular flexibility index (Phi) is 4.71. The van der Waals surface area contributed by atoms with Gasteiger partial charge in [0.25, 0.3) is 0 Å². The number of carbonyl (C=O) groups is 1. The molecule has 1 unspecified atom stereocenters. The minimum Gasteiger partial charge on any atom is -0.350 e. The summed E-state index contributed by atoms with van der Waals surface area (Å²) in [5, 5.41) is 7.71. The maximum atomic E-state index is 13.0. The predicted molar refractivity (Wildman–Crippen MR) is 92.6 cm³/mol. The van der Waals surface area contributed by atoms with Gasteiger partial charge in [-0.25, -0.2) is 9.07 Å². The molecule has 0 saturated heterocycles. The second-order valence-electron chi connectivity index (χ2n) is 6.15. The molecule has 1 amide bonds. The fourth-order valence-electron chi connectivity index (χ4n) is 2.60. The van der Waals surface area contributed by atoms with E-state index in [0.717, 1.165) is 0 Å². The normalized spacial score (nSPS) is 15.7. The molecule has 126 valence electrons. The standard InChI is InChI=1S/C18H19ClFN3O/c1-11(13-3-4-13)21-17(24)10-9-16-12(2)22-23(18(16)19)15-7-5-14(20)6-8-15/h5-11,13H,3-4H2,1-2H3,(H,21,24)/b10-9+. The van der Waals surface area contributed by atoms with Crippen LogP contribution in [0.2, 0.25) is 5.15 Å². The maximum absolute atomic E-state index is 13.0. The van der Waals surface area contributed by atoms with Crippen molar-refractivity contribution >= 4 is 23.6 Å². The third kappa shape index (κ3) is 3.67. The van der Waals surface area contributed by atoms with E-state index in [1.807, 2.05) is 13.8 Å². The minimum absolute atomic E-state index is 0.139. The summed E-state index contributed by atoms with van der Waals surface area (Å²) in [7, 11) is 0. The van der Waals surface area contributed by atoms with E-state index >= 15 is 0 Å². The molecule has 1 saturated carbocycles. The van der Waals surface area contributed by atoms with E-state index in [1.54, 1.807) is 18.2 Å². The van der Waals surface area contributed by atoms with Crippen LogP contribution in [0.1, 0.15) is 31.0 Å². The lowest BCUT2D eigenvalue weighted by Crippen LogP contribution is -2.32. The summed E-state index contributed by atoms with van der Waals surface area (Å²) < 4.78 is 14.6. The summed E-state index contributed by atoms with van der Waals surface area (Å²) >= 11 is 6.38. The molecular formula is C18H19ClFN3O. The van der Waals surface area contributed by atoms with E-state index in [2.05, 4.69) is 10.4 Å². The molecule has 1 aromatic carbocycles. The van der Waals surface area contributed by atoms with Crippen LogP contribution < -0.4 is 5.32 Å². The number of amides is 1. The number of nitrogens with zero attached hydrogens (tertiary/aromatic N) is 2. The first-order valence-corrected chi connectivity index (χ1v) is 8.33. The molecule has 0 aliphatic heterocycles. The number of hydrogen-bond acceptors (Lipinski definition) is 2. The minimum atomic E-state index is -0.319. The topological polar surface area (TPSA) is 46.9 Å². The van der Waals surface area contributed by atoms with Gasteiger partial charge in [-0.1, -0.05) is 11.6 Å². The van der Waals surface area contributed by atoms with Crippen LogP contribution in [0, 0.1) is 18.7 Å². The summed E-state index contributed by atoms with van der Waals surface area (Å²) in [5.41, 5.74) is 2.04. The number of aryl methyl sites for hydroxylation is 1. The van der Waals surface area contributed by atoms with Crippen molar-refractivity contribution in [1.82, 2.24) is 15.1 Å². The molecule has 1 aliphatic rings. The zero-order chi connectivity index (χ0) is 17.3. The van der Waals surface area contributed by atoms with E-state index in [1.165, 1.54) is 35.7 Å². The lowest BCUT2D eigenvalue weighted by molar-refractivity contribution is -0.117. The number of carbonyl (C=O) groups excluding carboxylic acids is 1. The Morgan fingerprint density at radius 1 is 1.42 bits per heavy atom. The van der Waals surface area contributed by atoms with Crippen LogP contribution >= 0.6 is 11.6 Å².